The molecule has 134 valence electrons. The van der Waals surface area contributed by atoms with Gasteiger partial charge in [0.15, 0.2) is 0 Å². The Labute approximate surface area is 154 Å². The first-order valence-corrected chi connectivity index (χ1v) is 10.2. The first-order chi connectivity index (χ1) is 12.1. The van der Waals surface area contributed by atoms with Crippen LogP contribution in [-0.2, 0) is 21.4 Å². The molecule has 0 bridgehead atoms. The van der Waals surface area contributed by atoms with Gasteiger partial charge in [0.25, 0.3) is 0 Å². The second-order valence-electron chi connectivity index (χ2n) is 6.31. The Bertz CT molecular complexity index is 787. The molecule has 3 rings (SSSR count). The summed E-state index contributed by atoms with van der Waals surface area (Å²) >= 11 is 5.92. The third-order valence-electron chi connectivity index (χ3n) is 4.47. The van der Waals surface area contributed by atoms with E-state index in [2.05, 4.69) is 0 Å². The highest BCUT2D eigenvalue weighted by Gasteiger charge is 2.29. The molecule has 0 unspecified atom stereocenters. The minimum absolute atomic E-state index is 0.263. The van der Waals surface area contributed by atoms with Gasteiger partial charge in [-0.15, -0.1) is 0 Å². The van der Waals surface area contributed by atoms with E-state index in [1.165, 1.54) is 6.07 Å². The van der Waals surface area contributed by atoms with Crippen molar-refractivity contribution in [1.82, 2.24) is 4.31 Å². The van der Waals surface area contributed by atoms with Gasteiger partial charge in [-0.2, -0.15) is 4.31 Å². The Morgan fingerprint density at radius 3 is 2.44 bits per heavy atom. The van der Waals surface area contributed by atoms with Crippen molar-refractivity contribution in [3.63, 3.8) is 0 Å². The van der Waals surface area contributed by atoms with Crippen LogP contribution in [0.1, 0.15) is 18.4 Å². The Kier molecular flexibility index (Phi) is 6.12. The molecule has 0 aromatic heterocycles. The molecule has 1 heterocycles. The van der Waals surface area contributed by atoms with Crippen LogP contribution in [0.2, 0.25) is 5.02 Å². The van der Waals surface area contributed by atoms with E-state index in [1.807, 2.05) is 30.3 Å². The van der Waals surface area contributed by atoms with E-state index in [0.29, 0.717) is 37.2 Å². The molecule has 1 aliphatic rings. The van der Waals surface area contributed by atoms with Gasteiger partial charge in [0.05, 0.1) is 11.5 Å². The summed E-state index contributed by atoms with van der Waals surface area (Å²) in [5, 5.41) is 0.435. The number of nitrogens with zero attached hydrogens (tertiary/aromatic N) is 1. The second-order valence-corrected chi connectivity index (χ2v) is 8.68. The lowest BCUT2D eigenvalue weighted by Crippen LogP contribution is -2.39. The van der Waals surface area contributed by atoms with Crippen LogP contribution >= 0.6 is 11.6 Å². The predicted octanol–water partition coefficient (Wildman–Crippen LogP) is 3.96. The number of hydrogen-bond acceptors (Lipinski definition) is 3. The van der Waals surface area contributed by atoms with Crippen LogP contribution in [0.15, 0.2) is 59.5 Å². The Hall–Kier alpha value is -1.40. The van der Waals surface area contributed by atoms with Gasteiger partial charge >= 0.3 is 0 Å². The number of sulfonamides is 1. The molecule has 6 heteroatoms. The summed E-state index contributed by atoms with van der Waals surface area (Å²) in [7, 11) is -3.46. The molecule has 4 nitrogen and oxygen atoms in total. The molecule has 2 aromatic rings. The lowest BCUT2D eigenvalue weighted by molar-refractivity contribution is 0.0688. The van der Waals surface area contributed by atoms with E-state index in [4.69, 9.17) is 16.3 Å². The van der Waals surface area contributed by atoms with Gasteiger partial charge in [0.2, 0.25) is 10.0 Å². The van der Waals surface area contributed by atoms with Crippen molar-refractivity contribution in [2.75, 3.05) is 19.7 Å². The van der Waals surface area contributed by atoms with E-state index >= 15 is 0 Å². The molecule has 25 heavy (non-hydrogen) atoms. The quantitative estimate of drug-likeness (QED) is 0.763. The van der Waals surface area contributed by atoms with Crippen LogP contribution < -0.4 is 0 Å². The number of halogens is 1. The summed E-state index contributed by atoms with van der Waals surface area (Å²) in [4.78, 5) is 0.263. The van der Waals surface area contributed by atoms with Crippen LogP contribution in [0.3, 0.4) is 0 Å². The number of benzene rings is 2. The predicted molar refractivity (Wildman–Crippen MR) is 99.0 cm³/mol. The molecule has 1 aliphatic heterocycles. The van der Waals surface area contributed by atoms with Crippen molar-refractivity contribution in [1.29, 1.82) is 0 Å². The highest BCUT2D eigenvalue weighted by molar-refractivity contribution is 7.89. The molecule has 0 radical (unpaired) electrons. The fourth-order valence-corrected chi connectivity index (χ4v) is 4.78. The van der Waals surface area contributed by atoms with E-state index in [1.54, 1.807) is 22.5 Å². The fraction of sp³-hybridized carbons (Fsp3) is 0.368. The summed E-state index contributed by atoms with van der Waals surface area (Å²) < 4.78 is 32.7. The van der Waals surface area contributed by atoms with Gasteiger partial charge in [-0.3, -0.25) is 0 Å². The summed E-state index contributed by atoms with van der Waals surface area (Å²) in [6.45, 7) is 2.31. The van der Waals surface area contributed by atoms with E-state index in [9.17, 15) is 8.42 Å². The molecular formula is C19H22ClNO3S. The van der Waals surface area contributed by atoms with Crippen LogP contribution in [-0.4, -0.2) is 32.4 Å². The second kappa shape index (κ2) is 8.32. The van der Waals surface area contributed by atoms with Crippen LogP contribution in [0.4, 0.5) is 0 Å². The van der Waals surface area contributed by atoms with Gasteiger partial charge in [-0.1, -0.05) is 48.0 Å². The molecule has 0 aliphatic carbocycles. The summed E-state index contributed by atoms with van der Waals surface area (Å²) in [6.07, 6.45) is 1.63. The zero-order valence-electron chi connectivity index (χ0n) is 14.0. The lowest BCUT2D eigenvalue weighted by atomic mass is 9.99. The maximum absolute atomic E-state index is 12.7. The first-order valence-electron chi connectivity index (χ1n) is 8.43. The minimum atomic E-state index is -3.46. The average Bonchev–Trinajstić information content (AvgIpc) is 2.63. The molecule has 0 amide bonds. The standard InChI is InChI=1S/C19H22ClNO3S/c20-18-7-4-8-19(13-18)25(22,23)21-11-9-17(10-12-21)15-24-14-16-5-2-1-3-6-16/h1-8,13,17H,9-12,14-15H2. The molecule has 0 atom stereocenters. The zero-order valence-corrected chi connectivity index (χ0v) is 15.5. The molecular weight excluding hydrogens is 358 g/mol. The third-order valence-corrected chi connectivity index (χ3v) is 6.60. The van der Waals surface area contributed by atoms with Crippen LogP contribution in [0.25, 0.3) is 0 Å². The molecule has 2 aromatic carbocycles. The summed E-state index contributed by atoms with van der Waals surface area (Å²) in [5.41, 5.74) is 1.16. The van der Waals surface area contributed by atoms with Crippen molar-refractivity contribution in [2.45, 2.75) is 24.3 Å². The smallest absolute Gasteiger partial charge is 0.243 e. The molecule has 1 fully saturated rings. The summed E-state index contributed by atoms with van der Waals surface area (Å²) in [6, 6.07) is 16.5. The molecule has 0 N–H and O–H groups in total. The van der Waals surface area contributed by atoms with Crippen molar-refractivity contribution >= 4 is 21.6 Å². The van der Waals surface area contributed by atoms with Gasteiger partial charge in [-0.05, 0) is 42.5 Å². The first kappa shape index (κ1) is 18.4. The average molecular weight is 380 g/mol. The number of hydrogen-bond donors (Lipinski definition) is 0. The zero-order chi connectivity index (χ0) is 17.7. The molecule has 1 saturated heterocycles. The fourth-order valence-electron chi connectivity index (χ4n) is 3.01. The Morgan fingerprint density at radius 1 is 1.04 bits per heavy atom. The Morgan fingerprint density at radius 2 is 1.76 bits per heavy atom. The number of ether oxygens (including phenoxy) is 1. The van der Waals surface area contributed by atoms with Crippen molar-refractivity contribution in [2.24, 2.45) is 5.92 Å². The maximum atomic E-state index is 12.7. The monoisotopic (exact) mass is 379 g/mol. The van der Waals surface area contributed by atoms with E-state index in [-0.39, 0.29) is 4.90 Å². The molecule has 0 spiro atoms. The van der Waals surface area contributed by atoms with Gasteiger partial charge in [0, 0.05) is 24.7 Å². The number of piperidine rings is 1. The van der Waals surface area contributed by atoms with Crippen molar-refractivity contribution in [3.8, 4) is 0 Å². The Balaban J connectivity index is 1.50. The van der Waals surface area contributed by atoms with Gasteiger partial charge < -0.3 is 4.74 Å². The van der Waals surface area contributed by atoms with E-state index < -0.39 is 10.0 Å². The normalized spacial score (nSPS) is 16.8. The maximum Gasteiger partial charge on any atom is 0.243 e. The van der Waals surface area contributed by atoms with Crippen LogP contribution in [0, 0.1) is 5.92 Å². The molecule has 0 saturated carbocycles. The summed E-state index contributed by atoms with van der Waals surface area (Å²) in [5.74, 6) is 0.398. The number of rotatable bonds is 6. The SMILES string of the molecule is O=S(=O)(c1cccc(Cl)c1)N1CCC(COCc2ccccc2)CC1. The van der Waals surface area contributed by atoms with Crippen molar-refractivity contribution < 1.29 is 13.2 Å². The third kappa shape index (κ3) is 4.82. The van der Waals surface area contributed by atoms with Gasteiger partial charge in [-0.25, -0.2) is 8.42 Å². The largest absolute Gasteiger partial charge is 0.376 e. The topological polar surface area (TPSA) is 46.6 Å². The minimum Gasteiger partial charge on any atom is -0.376 e. The van der Waals surface area contributed by atoms with Crippen LogP contribution in [0.5, 0.6) is 0 Å². The highest BCUT2D eigenvalue weighted by Crippen LogP contribution is 2.25. The highest BCUT2D eigenvalue weighted by atomic mass is 35.5. The van der Waals surface area contributed by atoms with Crippen molar-refractivity contribution in [3.05, 3.63) is 65.2 Å². The van der Waals surface area contributed by atoms with Gasteiger partial charge in [0.1, 0.15) is 0 Å². The van der Waals surface area contributed by atoms with E-state index in [0.717, 1.165) is 18.4 Å². The lowest BCUT2D eigenvalue weighted by Gasteiger charge is -2.31.